The largest absolute Gasteiger partial charge is 0.444 e. The summed E-state index contributed by atoms with van der Waals surface area (Å²) >= 11 is 0. The van der Waals surface area contributed by atoms with Gasteiger partial charge in [-0.2, -0.15) is 4.99 Å². The number of quaternary nitrogens is 1. The molecule has 1 unspecified atom stereocenters. The number of likely N-dealkylation sites (tertiary alicyclic amines) is 1. The van der Waals surface area contributed by atoms with Gasteiger partial charge in [-0.3, -0.25) is 0 Å². The first-order valence-electron chi connectivity index (χ1n) is 8.73. The maximum absolute atomic E-state index is 12.1. The van der Waals surface area contributed by atoms with E-state index < -0.39 is 10.3 Å². The van der Waals surface area contributed by atoms with Crippen LogP contribution in [0.5, 0.6) is 0 Å². The first-order chi connectivity index (χ1) is 11.7. The number of amides is 1. The second-order valence-electron chi connectivity index (χ2n) is 7.85. The number of hydrogen-bond donors (Lipinski definition) is 0. The summed E-state index contributed by atoms with van der Waals surface area (Å²) in [5.41, 5.74) is 0.222. The van der Waals surface area contributed by atoms with Crippen molar-refractivity contribution in [3.05, 3.63) is 22.0 Å². The summed E-state index contributed by atoms with van der Waals surface area (Å²) in [6.07, 6.45) is 5.04. The Bertz CT molecular complexity index is 619. The van der Waals surface area contributed by atoms with E-state index in [1.165, 1.54) is 6.34 Å². The van der Waals surface area contributed by atoms with Crippen molar-refractivity contribution in [2.75, 3.05) is 26.2 Å². The van der Waals surface area contributed by atoms with Gasteiger partial charge in [0.25, 0.3) is 11.4 Å². The van der Waals surface area contributed by atoms with Crippen molar-refractivity contribution < 1.29 is 19.3 Å². The summed E-state index contributed by atoms with van der Waals surface area (Å²) in [5.74, 6) is 0.321. The number of hydrogen-bond acceptors (Lipinski definition) is 6. The predicted molar refractivity (Wildman–Crippen MR) is 90.6 cm³/mol. The highest BCUT2D eigenvalue weighted by atomic mass is 16.7. The molecule has 1 atom stereocenters. The molecule has 0 radical (unpaired) electrons. The van der Waals surface area contributed by atoms with Crippen LogP contribution in [0.2, 0.25) is 0 Å². The molecule has 0 spiro atoms. The van der Waals surface area contributed by atoms with E-state index in [0.717, 1.165) is 18.5 Å². The van der Waals surface area contributed by atoms with Crippen LogP contribution in [0.3, 0.4) is 0 Å². The summed E-state index contributed by atoms with van der Waals surface area (Å²) in [7, 11) is 0. The molecule has 25 heavy (non-hydrogen) atoms. The third-order valence-electron chi connectivity index (χ3n) is 4.92. The lowest BCUT2D eigenvalue weighted by atomic mass is 9.97. The molecule has 3 aliphatic rings. The van der Waals surface area contributed by atoms with Gasteiger partial charge in [-0.1, -0.05) is 5.01 Å². The van der Waals surface area contributed by atoms with Crippen molar-refractivity contribution in [1.82, 2.24) is 9.91 Å². The van der Waals surface area contributed by atoms with Gasteiger partial charge in [-0.15, -0.1) is 0 Å². The molecule has 9 heteroatoms. The van der Waals surface area contributed by atoms with Gasteiger partial charge in [-0.25, -0.2) is 14.9 Å². The van der Waals surface area contributed by atoms with Gasteiger partial charge in [0.05, 0.1) is 25.7 Å². The smallest absolute Gasteiger partial charge is 0.410 e. The lowest BCUT2D eigenvalue weighted by Gasteiger charge is -2.35. The summed E-state index contributed by atoms with van der Waals surface area (Å²) in [5, 5.41) is 13.3. The molecule has 3 aliphatic heterocycles. The van der Waals surface area contributed by atoms with E-state index in [2.05, 4.69) is 4.99 Å². The zero-order valence-electron chi connectivity index (χ0n) is 15.1. The van der Waals surface area contributed by atoms with Crippen molar-refractivity contribution in [2.24, 2.45) is 10.9 Å². The van der Waals surface area contributed by atoms with Gasteiger partial charge >= 0.3 is 6.09 Å². The quantitative estimate of drug-likeness (QED) is 0.441. The van der Waals surface area contributed by atoms with E-state index in [1.54, 1.807) is 11.1 Å². The minimum absolute atomic E-state index is 0.280. The molecule has 1 amide bonds. The summed E-state index contributed by atoms with van der Waals surface area (Å²) in [6, 6.07) is 0. The molecule has 0 N–H and O–H groups in total. The summed E-state index contributed by atoms with van der Waals surface area (Å²) in [4.78, 5) is 29.5. The van der Waals surface area contributed by atoms with E-state index in [-0.39, 0.29) is 11.1 Å². The predicted octanol–water partition coefficient (Wildman–Crippen LogP) is 2.15. The van der Waals surface area contributed by atoms with Gasteiger partial charge in [0.15, 0.2) is 0 Å². The number of aliphatic imine (C=N–C) groups is 1. The van der Waals surface area contributed by atoms with Crippen LogP contribution in [0.1, 0.15) is 40.0 Å². The van der Waals surface area contributed by atoms with Gasteiger partial charge < -0.3 is 9.64 Å². The fraction of sp³-hybridized carbons (Fsp3) is 0.750. The molecule has 0 aromatic carbocycles. The van der Waals surface area contributed by atoms with Crippen LogP contribution in [-0.2, 0) is 4.74 Å². The molecule has 2 fully saturated rings. The molecule has 9 nitrogen and oxygen atoms in total. The van der Waals surface area contributed by atoms with Crippen LogP contribution < -0.4 is 0 Å². The third-order valence-corrected chi connectivity index (χ3v) is 4.92. The lowest BCUT2D eigenvalue weighted by molar-refractivity contribution is -1.30. The maximum atomic E-state index is 12.1. The molecule has 0 aliphatic carbocycles. The average molecular weight is 352 g/mol. The molecule has 3 heterocycles. The highest BCUT2D eigenvalue weighted by Gasteiger charge is 2.58. The highest BCUT2D eigenvalue weighted by Crippen LogP contribution is 2.35. The first kappa shape index (κ1) is 17.8. The molecular weight excluding hydrogens is 326 g/mol. The Morgan fingerprint density at radius 3 is 2.68 bits per heavy atom. The van der Waals surface area contributed by atoms with Crippen LogP contribution in [-0.4, -0.2) is 63.9 Å². The molecule has 0 bridgehead atoms. The number of rotatable bonds is 3. The van der Waals surface area contributed by atoms with Crippen LogP contribution in [0.4, 0.5) is 4.79 Å². The Balaban J connectivity index is 1.56. The van der Waals surface area contributed by atoms with Crippen molar-refractivity contribution >= 4 is 12.4 Å². The highest BCUT2D eigenvalue weighted by molar-refractivity contribution is 5.68. The van der Waals surface area contributed by atoms with Crippen molar-refractivity contribution in [3.8, 4) is 0 Å². The number of piperidine rings is 1. The van der Waals surface area contributed by atoms with Gasteiger partial charge in [0, 0.05) is 13.1 Å². The topological polar surface area (TPSA) is 88.3 Å². The zero-order valence-corrected chi connectivity index (χ0v) is 15.1. The number of fused-ring (bicyclic) bond motifs is 1. The minimum atomic E-state index is -0.496. The van der Waals surface area contributed by atoms with Crippen molar-refractivity contribution in [3.63, 3.8) is 0 Å². The van der Waals surface area contributed by atoms with Crippen LogP contribution in [0, 0.1) is 16.0 Å². The fourth-order valence-electron chi connectivity index (χ4n) is 3.64. The monoisotopic (exact) mass is 352 g/mol. The van der Waals surface area contributed by atoms with Crippen LogP contribution in [0.25, 0.3) is 0 Å². The van der Waals surface area contributed by atoms with Crippen molar-refractivity contribution in [2.45, 2.75) is 45.6 Å². The summed E-state index contributed by atoms with van der Waals surface area (Å²) in [6.45, 7) is 8.11. The summed E-state index contributed by atoms with van der Waals surface area (Å²) < 4.78 is 4.94. The molecule has 3 rings (SSSR count). The van der Waals surface area contributed by atoms with E-state index in [4.69, 9.17) is 4.74 Å². The molecule has 0 aromatic heterocycles. The second kappa shape index (κ2) is 6.38. The SMILES string of the molecule is CC(C)(C)OC(=O)N1CCC(CN2CCC3=CN=C[N+]32[N+](=O)[O-])CC1. The van der Waals surface area contributed by atoms with Crippen LogP contribution >= 0.6 is 0 Å². The number of nitro groups is 1. The van der Waals surface area contributed by atoms with E-state index in [0.29, 0.717) is 38.5 Å². The Labute approximate surface area is 147 Å². The van der Waals surface area contributed by atoms with Crippen LogP contribution in [0.15, 0.2) is 16.9 Å². The molecule has 0 aromatic rings. The lowest BCUT2D eigenvalue weighted by Crippen LogP contribution is -2.58. The fourth-order valence-corrected chi connectivity index (χ4v) is 3.64. The number of carbonyl (C=O) groups is 1. The number of ether oxygens (including phenoxy) is 1. The van der Waals surface area contributed by atoms with Gasteiger partial charge in [0.1, 0.15) is 10.3 Å². The number of carbonyl (C=O) groups excluding carboxylic acids is 1. The Hall–Kier alpha value is -2.00. The first-order valence-corrected chi connectivity index (χ1v) is 8.73. The average Bonchev–Trinajstić information content (AvgIpc) is 3.07. The molecule has 138 valence electrons. The van der Waals surface area contributed by atoms with Crippen molar-refractivity contribution in [1.29, 1.82) is 0 Å². The van der Waals surface area contributed by atoms with E-state index >= 15 is 0 Å². The van der Waals surface area contributed by atoms with E-state index in [1.807, 2.05) is 25.8 Å². The Morgan fingerprint density at radius 2 is 2.08 bits per heavy atom. The second-order valence-corrected chi connectivity index (χ2v) is 7.85. The van der Waals surface area contributed by atoms with E-state index in [9.17, 15) is 14.9 Å². The van der Waals surface area contributed by atoms with Gasteiger partial charge in [0.2, 0.25) is 5.70 Å². The molecule has 0 saturated carbocycles. The molecular formula is C16H26N5O4+. The molecule has 2 saturated heterocycles. The Kier molecular flexibility index (Phi) is 4.54. The normalized spacial score (nSPS) is 27.3. The van der Waals surface area contributed by atoms with Gasteiger partial charge in [-0.05, 0) is 39.5 Å². The zero-order chi connectivity index (χ0) is 18.2. The minimum Gasteiger partial charge on any atom is -0.444 e. The Morgan fingerprint density at radius 1 is 1.40 bits per heavy atom. The maximum Gasteiger partial charge on any atom is 0.410 e. The third kappa shape index (κ3) is 3.38. The number of nitrogens with zero attached hydrogens (tertiary/aromatic N) is 5. The standard InChI is InChI=1S/C16H26N5O4/c1-16(2,3)25-15(22)18-7-4-13(5-8-18)11-19-9-6-14-10-17-12-21(14,19)20(23)24/h10,12-13H,4-9,11H2,1-3H3/q+1.